The van der Waals surface area contributed by atoms with Gasteiger partial charge in [-0.05, 0) is 12.1 Å². The van der Waals surface area contributed by atoms with E-state index in [-0.39, 0.29) is 16.8 Å². The van der Waals surface area contributed by atoms with Crippen LogP contribution in [0, 0.1) is 0 Å². The third-order valence-corrected chi connectivity index (χ3v) is 4.06. The fourth-order valence-corrected chi connectivity index (χ4v) is 2.48. The summed E-state index contributed by atoms with van der Waals surface area (Å²) in [7, 11) is 0. The lowest BCUT2D eigenvalue weighted by Gasteiger charge is -2.34. The van der Waals surface area contributed by atoms with Crippen molar-refractivity contribution in [1.29, 1.82) is 0 Å². The minimum Gasteiger partial charge on any atom is -0.387 e. The fraction of sp³-hybridized carbons (Fsp3) is 0.385. The summed E-state index contributed by atoms with van der Waals surface area (Å²) in [6, 6.07) is 4.92. The Kier molecular flexibility index (Phi) is 4.86. The van der Waals surface area contributed by atoms with E-state index in [1.54, 1.807) is 23.1 Å². The molecule has 5 nitrogen and oxygen atoms in total. The molecular weight excluding hydrogens is 303 g/mol. The smallest absolute Gasteiger partial charge is 0.255 e. The number of nitrogens with zero attached hydrogens (tertiary/aromatic N) is 2. The third-order valence-electron chi connectivity index (χ3n) is 3.24. The Morgan fingerprint density at radius 2 is 1.70 bits per heavy atom. The molecule has 1 aliphatic heterocycles. The lowest BCUT2D eigenvalue weighted by Crippen LogP contribution is -2.51. The predicted octanol–water partition coefficient (Wildman–Crippen LogP) is 1.27. The number of aliphatic hydroxyl groups is 1. The standard InChI is InChI=1S/C13H14Cl2N2O3/c14-10-3-1-2-9(12(10)15)13(20)17-6-4-16(5-7-17)11(19)8-18/h1-3,18H,4-8H2. The SMILES string of the molecule is O=C(CO)N1CCN(C(=O)c2cccc(Cl)c2Cl)CC1. The normalized spacial score (nSPS) is 15.3. The highest BCUT2D eigenvalue weighted by molar-refractivity contribution is 6.43. The molecule has 108 valence electrons. The van der Waals surface area contributed by atoms with E-state index in [2.05, 4.69) is 0 Å². The Labute approximate surface area is 126 Å². The largest absolute Gasteiger partial charge is 0.387 e. The molecule has 0 atom stereocenters. The topological polar surface area (TPSA) is 60.9 Å². The molecule has 0 radical (unpaired) electrons. The van der Waals surface area contributed by atoms with Crippen LogP contribution in [0.5, 0.6) is 0 Å². The molecule has 0 saturated carbocycles. The van der Waals surface area contributed by atoms with E-state index >= 15 is 0 Å². The molecule has 1 aliphatic rings. The first-order chi connectivity index (χ1) is 9.54. The Morgan fingerprint density at radius 3 is 2.30 bits per heavy atom. The second kappa shape index (κ2) is 6.43. The molecule has 1 saturated heterocycles. The molecule has 2 rings (SSSR count). The maximum absolute atomic E-state index is 12.3. The highest BCUT2D eigenvalue weighted by Gasteiger charge is 2.25. The molecule has 1 aromatic carbocycles. The summed E-state index contributed by atoms with van der Waals surface area (Å²) in [4.78, 5) is 26.8. The Hall–Kier alpha value is -1.30. The molecule has 1 N–H and O–H groups in total. The number of hydrogen-bond acceptors (Lipinski definition) is 3. The summed E-state index contributed by atoms with van der Waals surface area (Å²) in [5, 5.41) is 9.39. The van der Waals surface area contributed by atoms with Gasteiger partial charge in [0.2, 0.25) is 5.91 Å². The van der Waals surface area contributed by atoms with Gasteiger partial charge in [0.25, 0.3) is 5.91 Å². The van der Waals surface area contributed by atoms with Crippen molar-refractivity contribution in [3.8, 4) is 0 Å². The first-order valence-electron chi connectivity index (χ1n) is 6.16. The second-order valence-corrected chi connectivity index (χ2v) is 5.22. The Morgan fingerprint density at radius 1 is 1.10 bits per heavy atom. The number of piperazine rings is 1. The van der Waals surface area contributed by atoms with Gasteiger partial charge in [0.1, 0.15) is 6.61 Å². The highest BCUT2D eigenvalue weighted by atomic mass is 35.5. The van der Waals surface area contributed by atoms with E-state index in [9.17, 15) is 9.59 Å². The average molecular weight is 317 g/mol. The molecular formula is C13H14Cl2N2O3. The molecule has 1 aromatic rings. The average Bonchev–Trinajstić information content (AvgIpc) is 2.48. The van der Waals surface area contributed by atoms with Gasteiger partial charge >= 0.3 is 0 Å². The van der Waals surface area contributed by atoms with Crippen LogP contribution < -0.4 is 0 Å². The summed E-state index contributed by atoms with van der Waals surface area (Å²) in [6.45, 7) is 1.13. The van der Waals surface area contributed by atoms with Gasteiger partial charge in [0, 0.05) is 26.2 Å². The van der Waals surface area contributed by atoms with E-state index in [0.717, 1.165) is 0 Å². The molecule has 2 amide bonds. The molecule has 0 unspecified atom stereocenters. The van der Waals surface area contributed by atoms with Gasteiger partial charge in [-0.1, -0.05) is 29.3 Å². The van der Waals surface area contributed by atoms with Gasteiger partial charge < -0.3 is 14.9 Å². The second-order valence-electron chi connectivity index (χ2n) is 4.43. The van der Waals surface area contributed by atoms with Gasteiger partial charge in [-0.25, -0.2) is 0 Å². The predicted molar refractivity (Wildman–Crippen MR) is 76.0 cm³/mol. The van der Waals surface area contributed by atoms with Gasteiger partial charge in [-0.2, -0.15) is 0 Å². The van der Waals surface area contributed by atoms with Crippen LogP contribution in [-0.2, 0) is 4.79 Å². The number of rotatable bonds is 2. The molecule has 20 heavy (non-hydrogen) atoms. The maximum atomic E-state index is 12.3. The van der Waals surface area contributed by atoms with Crippen LogP contribution in [0.25, 0.3) is 0 Å². The first kappa shape index (κ1) is 15.1. The quantitative estimate of drug-likeness (QED) is 0.894. The van der Waals surface area contributed by atoms with Crippen LogP contribution in [0.15, 0.2) is 18.2 Å². The van der Waals surface area contributed by atoms with Crippen molar-refractivity contribution in [2.75, 3.05) is 32.8 Å². The van der Waals surface area contributed by atoms with E-state index in [0.29, 0.717) is 36.8 Å². The molecule has 0 aliphatic carbocycles. The van der Waals surface area contributed by atoms with Crippen molar-refractivity contribution >= 4 is 35.0 Å². The molecule has 0 spiro atoms. The van der Waals surface area contributed by atoms with Gasteiger partial charge in [0.05, 0.1) is 15.6 Å². The summed E-state index contributed by atoms with van der Waals surface area (Å²) in [6.07, 6.45) is 0. The number of carbonyl (C=O) groups excluding carboxylic acids is 2. The number of hydrogen-bond donors (Lipinski definition) is 1. The van der Waals surface area contributed by atoms with E-state index < -0.39 is 6.61 Å². The molecule has 7 heteroatoms. The van der Waals surface area contributed by atoms with Crippen LogP contribution >= 0.6 is 23.2 Å². The maximum Gasteiger partial charge on any atom is 0.255 e. The number of carbonyl (C=O) groups is 2. The third kappa shape index (κ3) is 3.06. The van der Waals surface area contributed by atoms with Crippen molar-refractivity contribution in [1.82, 2.24) is 9.80 Å². The van der Waals surface area contributed by atoms with Crippen molar-refractivity contribution in [3.05, 3.63) is 33.8 Å². The van der Waals surface area contributed by atoms with Gasteiger partial charge in [-0.15, -0.1) is 0 Å². The zero-order valence-corrected chi connectivity index (χ0v) is 12.2. The van der Waals surface area contributed by atoms with Crippen molar-refractivity contribution in [3.63, 3.8) is 0 Å². The zero-order chi connectivity index (χ0) is 14.7. The summed E-state index contributed by atoms with van der Waals surface area (Å²) in [5.74, 6) is -0.522. The van der Waals surface area contributed by atoms with Crippen LogP contribution in [0.4, 0.5) is 0 Å². The first-order valence-corrected chi connectivity index (χ1v) is 6.92. The summed E-state index contributed by atoms with van der Waals surface area (Å²) >= 11 is 11.9. The molecule has 1 heterocycles. The molecule has 0 aromatic heterocycles. The Balaban J connectivity index is 2.05. The zero-order valence-electron chi connectivity index (χ0n) is 10.7. The number of benzene rings is 1. The molecule has 1 fully saturated rings. The van der Waals surface area contributed by atoms with E-state index in [1.807, 2.05) is 0 Å². The summed E-state index contributed by atoms with van der Waals surface area (Å²) < 4.78 is 0. The highest BCUT2D eigenvalue weighted by Crippen LogP contribution is 2.26. The van der Waals surface area contributed by atoms with Gasteiger partial charge in [0.15, 0.2) is 0 Å². The minimum atomic E-state index is -0.506. The van der Waals surface area contributed by atoms with Crippen LogP contribution in [0.2, 0.25) is 10.0 Å². The number of amides is 2. The summed E-state index contributed by atoms with van der Waals surface area (Å²) in [5.41, 5.74) is 0.362. The van der Waals surface area contributed by atoms with Gasteiger partial charge in [-0.3, -0.25) is 9.59 Å². The number of aliphatic hydroxyl groups excluding tert-OH is 1. The van der Waals surface area contributed by atoms with Crippen molar-refractivity contribution < 1.29 is 14.7 Å². The lowest BCUT2D eigenvalue weighted by molar-refractivity contribution is -0.135. The van der Waals surface area contributed by atoms with E-state index in [4.69, 9.17) is 28.3 Å². The minimum absolute atomic E-state index is 0.200. The van der Waals surface area contributed by atoms with Crippen molar-refractivity contribution in [2.24, 2.45) is 0 Å². The van der Waals surface area contributed by atoms with Crippen LogP contribution in [0.3, 0.4) is 0 Å². The number of halogens is 2. The molecule has 0 bridgehead atoms. The van der Waals surface area contributed by atoms with Crippen molar-refractivity contribution in [2.45, 2.75) is 0 Å². The van der Waals surface area contributed by atoms with E-state index in [1.165, 1.54) is 4.90 Å². The monoisotopic (exact) mass is 316 g/mol. The Bertz CT molecular complexity index is 528. The van der Waals surface area contributed by atoms with Crippen LogP contribution in [-0.4, -0.2) is 59.5 Å². The fourth-order valence-electron chi connectivity index (χ4n) is 2.10. The lowest BCUT2D eigenvalue weighted by atomic mass is 10.1. The van der Waals surface area contributed by atoms with Crippen LogP contribution in [0.1, 0.15) is 10.4 Å².